The summed E-state index contributed by atoms with van der Waals surface area (Å²) in [6.45, 7) is 0.194. The highest BCUT2D eigenvalue weighted by Crippen LogP contribution is 2.39. The van der Waals surface area contributed by atoms with E-state index in [-0.39, 0.29) is 12.7 Å². The quantitative estimate of drug-likeness (QED) is 0.748. The number of rotatable bonds is 0. The second kappa shape index (κ2) is 4.04. The van der Waals surface area contributed by atoms with Crippen molar-refractivity contribution in [2.75, 3.05) is 6.79 Å². The van der Waals surface area contributed by atoms with Crippen LogP contribution in [0.2, 0.25) is 0 Å². The van der Waals surface area contributed by atoms with Crippen LogP contribution in [0.15, 0.2) is 41.6 Å². The van der Waals surface area contributed by atoms with Gasteiger partial charge in [0.25, 0.3) is 5.91 Å². The van der Waals surface area contributed by atoms with Gasteiger partial charge in [-0.05, 0) is 18.6 Å². The van der Waals surface area contributed by atoms with E-state index in [9.17, 15) is 4.79 Å². The SMILES string of the molecule is O=C1N=C2C=CCC=C2c2cnc3cc4c(cc3c21)OCO4. The van der Waals surface area contributed by atoms with Gasteiger partial charge in [-0.2, -0.15) is 0 Å². The van der Waals surface area contributed by atoms with Crippen molar-refractivity contribution in [1.82, 2.24) is 4.98 Å². The zero-order valence-electron chi connectivity index (χ0n) is 11.5. The molecule has 5 nitrogen and oxygen atoms in total. The topological polar surface area (TPSA) is 60.8 Å². The van der Waals surface area contributed by atoms with Gasteiger partial charge in [0, 0.05) is 28.8 Å². The molecule has 3 heterocycles. The Balaban J connectivity index is 1.85. The second-order valence-electron chi connectivity index (χ2n) is 5.33. The molecule has 0 atom stereocenters. The monoisotopic (exact) mass is 290 g/mol. The van der Waals surface area contributed by atoms with Crippen LogP contribution in [-0.4, -0.2) is 23.4 Å². The summed E-state index contributed by atoms with van der Waals surface area (Å²) < 4.78 is 10.8. The van der Waals surface area contributed by atoms with Crippen molar-refractivity contribution in [3.05, 3.63) is 47.7 Å². The highest BCUT2D eigenvalue weighted by atomic mass is 16.7. The molecule has 2 aromatic rings. The molecule has 1 aromatic carbocycles. The van der Waals surface area contributed by atoms with Gasteiger partial charge in [-0.15, -0.1) is 0 Å². The average molecular weight is 290 g/mol. The predicted octanol–water partition coefficient (Wildman–Crippen LogP) is 2.90. The first-order chi connectivity index (χ1) is 10.8. The number of amides is 1. The minimum Gasteiger partial charge on any atom is -0.454 e. The predicted molar refractivity (Wildman–Crippen MR) is 81.4 cm³/mol. The molecule has 2 aliphatic heterocycles. The summed E-state index contributed by atoms with van der Waals surface area (Å²) in [6.07, 6.45) is 8.54. The smallest absolute Gasteiger partial charge is 0.278 e. The van der Waals surface area contributed by atoms with E-state index >= 15 is 0 Å². The second-order valence-corrected chi connectivity index (χ2v) is 5.33. The third-order valence-corrected chi connectivity index (χ3v) is 4.10. The van der Waals surface area contributed by atoms with Crippen molar-refractivity contribution in [3.8, 4) is 11.5 Å². The van der Waals surface area contributed by atoms with Crippen molar-refractivity contribution in [3.63, 3.8) is 0 Å². The Kier molecular flexibility index (Phi) is 2.14. The zero-order valence-corrected chi connectivity index (χ0v) is 11.5. The molecule has 5 rings (SSSR count). The highest BCUT2D eigenvalue weighted by Gasteiger charge is 2.27. The molecule has 106 valence electrons. The number of aliphatic imine (C=N–C) groups is 1. The standard InChI is InChI=1S/C17H10N2O3/c20-17-16-10-5-14-15(22-8-21-14)6-13(10)18-7-11(16)9-3-1-2-4-12(9)19-17/h2-7H,1,8H2. The summed E-state index contributed by atoms with van der Waals surface area (Å²) >= 11 is 0. The van der Waals surface area contributed by atoms with Gasteiger partial charge in [-0.3, -0.25) is 9.78 Å². The van der Waals surface area contributed by atoms with E-state index in [2.05, 4.69) is 16.1 Å². The van der Waals surface area contributed by atoms with Crippen LogP contribution in [0.25, 0.3) is 16.5 Å². The Morgan fingerprint density at radius 3 is 2.91 bits per heavy atom. The Labute approximate surface area is 125 Å². The van der Waals surface area contributed by atoms with E-state index in [0.717, 1.165) is 22.9 Å². The summed E-state index contributed by atoms with van der Waals surface area (Å²) in [6, 6.07) is 3.63. The van der Waals surface area contributed by atoms with Crippen molar-refractivity contribution in [2.45, 2.75) is 6.42 Å². The molecule has 0 unspecified atom stereocenters. The zero-order chi connectivity index (χ0) is 14.7. The lowest BCUT2D eigenvalue weighted by molar-refractivity contribution is 0.100. The minimum atomic E-state index is -0.236. The molecular weight excluding hydrogens is 280 g/mol. The molecule has 1 amide bonds. The minimum absolute atomic E-state index is 0.194. The Morgan fingerprint density at radius 2 is 2.00 bits per heavy atom. The molecule has 1 aliphatic carbocycles. The van der Waals surface area contributed by atoms with Crippen LogP contribution in [0.5, 0.6) is 11.5 Å². The van der Waals surface area contributed by atoms with Gasteiger partial charge in [0.1, 0.15) is 0 Å². The molecule has 0 radical (unpaired) electrons. The number of fused-ring (bicyclic) bond motifs is 6. The van der Waals surface area contributed by atoms with Crippen LogP contribution >= 0.6 is 0 Å². The largest absolute Gasteiger partial charge is 0.454 e. The highest BCUT2D eigenvalue weighted by molar-refractivity contribution is 6.37. The van der Waals surface area contributed by atoms with Crippen LogP contribution in [0.3, 0.4) is 0 Å². The van der Waals surface area contributed by atoms with E-state index in [4.69, 9.17) is 9.47 Å². The normalized spacial score (nSPS) is 17.9. The van der Waals surface area contributed by atoms with Gasteiger partial charge in [0.2, 0.25) is 6.79 Å². The number of carbonyl (C=O) groups excluding carboxylic acids is 1. The first-order valence-corrected chi connectivity index (χ1v) is 7.04. The number of allylic oxidation sites excluding steroid dienone is 4. The number of nitrogens with zero attached hydrogens (tertiary/aromatic N) is 2. The lowest BCUT2D eigenvalue weighted by Gasteiger charge is -2.20. The fourth-order valence-corrected chi connectivity index (χ4v) is 3.09. The van der Waals surface area contributed by atoms with E-state index in [1.807, 2.05) is 18.2 Å². The van der Waals surface area contributed by atoms with Crippen molar-refractivity contribution in [2.24, 2.45) is 4.99 Å². The van der Waals surface area contributed by atoms with Crippen LogP contribution in [0.4, 0.5) is 0 Å². The number of ether oxygens (including phenoxy) is 2. The molecule has 0 fully saturated rings. The maximum Gasteiger partial charge on any atom is 0.278 e. The molecule has 0 saturated heterocycles. The lowest BCUT2D eigenvalue weighted by Crippen LogP contribution is -2.16. The van der Waals surface area contributed by atoms with Crippen molar-refractivity contribution < 1.29 is 14.3 Å². The molecule has 5 heteroatoms. The number of carbonyl (C=O) groups is 1. The number of hydrogen-bond acceptors (Lipinski definition) is 4. The maximum absolute atomic E-state index is 12.5. The first kappa shape index (κ1) is 11.7. The van der Waals surface area contributed by atoms with E-state index in [0.29, 0.717) is 28.3 Å². The van der Waals surface area contributed by atoms with Gasteiger partial charge >= 0.3 is 0 Å². The summed E-state index contributed by atoms with van der Waals surface area (Å²) in [5, 5.41) is 0.755. The molecule has 0 bridgehead atoms. The van der Waals surface area contributed by atoms with Gasteiger partial charge in [0.15, 0.2) is 11.5 Å². The molecule has 1 aromatic heterocycles. The molecule has 22 heavy (non-hydrogen) atoms. The van der Waals surface area contributed by atoms with Crippen LogP contribution in [0, 0.1) is 0 Å². The van der Waals surface area contributed by atoms with Gasteiger partial charge in [-0.25, -0.2) is 4.99 Å². The van der Waals surface area contributed by atoms with E-state index < -0.39 is 0 Å². The fraction of sp³-hybridized carbons (Fsp3) is 0.118. The van der Waals surface area contributed by atoms with Crippen molar-refractivity contribution in [1.29, 1.82) is 0 Å². The van der Waals surface area contributed by atoms with Crippen LogP contribution in [0.1, 0.15) is 22.3 Å². The average Bonchev–Trinajstić information content (AvgIpc) is 2.99. The van der Waals surface area contributed by atoms with E-state index in [1.165, 1.54) is 0 Å². The summed E-state index contributed by atoms with van der Waals surface area (Å²) in [4.78, 5) is 21.2. The third kappa shape index (κ3) is 1.45. The summed E-state index contributed by atoms with van der Waals surface area (Å²) in [5.74, 6) is 1.06. The Bertz CT molecular complexity index is 954. The molecule has 0 N–H and O–H groups in total. The number of hydrogen-bond donors (Lipinski definition) is 0. The number of pyridine rings is 1. The van der Waals surface area contributed by atoms with Gasteiger partial charge in [0.05, 0.1) is 16.8 Å². The van der Waals surface area contributed by atoms with Gasteiger partial charge in [-0.1, -0.05) is 12.2 Å². The van der Waals surface area contributed by atoms with Crippen LogP contribution < -0.4 is 9.47 Å². The van der Waals surface area contributed by atoms with Crippen LogP contribution in [-0.2, 0) is 0 Å². The number of aromatic nitrogens is 1. The van der Waals surface area contributed by atoms with E-state index in [1.54, 1.807) is 12.3 Å². The molecule has 3 aliphatic rings. The third-order valence-electron chi connectivity index (χ3n) is 4.10. The maximum atomic E-state index is 12.5. The lowest BCUT2D eigenvalue weighted by atomic mass is 9.89. The first-order valence-electron chi connectivity index (χ1n) is 7.04. The molecule has 0 spiro atoms. The summed E-state index contributed by atoms with van der Waals surface area (Å²) in [7, 11) is 0. The molecule has 0 saturated carbocycles. The molecular formula is C17H10N2O3. The Morgan fingerprint density at radius 1 is 1.14 bits per heavy atom. The number of benzene rings is 1. The summed E-state index contributed by atoms with van der Waals surface area (Å²) in [5.41, 5.74) is 3.83. The Hall–Kier alpha value is -2.95. The van der Waals surface area contributed by atoms with Gasteiger partial charge < -0.3 is 9.47 Å². The fourth-order valence-electron chi connectivity index (χ4n) is 3.09. The van der Waals surface area contributed by atoms with Crippen molar-refractivity contribution >= 4 is 28.1 Å².